The zero-order valence-corrected chi connectivity index (χ0v) is 14.8. The Balaban J connectivity index is 1.23. The molecular formula is C21H24N2O3. The van der Waals surface area contributed by atoms with Crippen LogP contribution in [0.2, 0.25) is 0 Å². The molecule has 0 saturated carbocycles. The molecule has 4 rings (SSSR count). The lowest BCUT2D eigenvalue weighted by Gasteiger charge is -2.20. The Morgan fingerprint density at radius 2 is 2.08 bits per heavy atom. The maximum Gasteiger partial charge on any atom is 0.145 e. The zero-order valence-electron chi connectivity index (χ0n) is 14.8. The van der Waals surface area contributed by atoms with Crippen molar-refractivity contribution in [2.45, 2.75) is 31.9 Å². The molecule has 1 saturated heterocycles. The molecule has 26 heavy (non-hydrogen) atoms. The van der Waals surface area contributed by atoms with Crippen molar-refractivity contribution in [1.29, 1.82) is 0 Å². The number of nitrogens with one attached hydrogen (secondary N) is 1. The topological polar surface area (TPSA) is 56.5 Å². The predicted molar refractivity (Wildman–Crippen MR) is 100 cm³/mol. The summed E-state index contributed by atoms with van der Waals surface area (Å²) in [5, 5.41) is 4.45. The highest BCUT2D eigenvalue weighted by molar-refractivity contribution is 5.84. The molecule has 1 atom stereocenters. The number of rotatable bonds is 7. The minimum absolute atomic E-state index is 0.125. The lowest BCUT2D eigenvalue weighted by Crippen LogP contribution is -2.20. The van der Waals surface area contributed by atoms with Crippen LogP contribution in [0, 0.1) is 0 Å². The second-order valence-electron chi connectivity index (χ2n) is 6.52. The maximum atomic E-state index is 5.91. The van der Waals surface area contributed by atoms with Crippen molar-refractivity contribution in [2.24, 2.45) is 0 Å². The highest BCUT2D eigenvalue weighted by Crippen LogP contribution is 2.29. The molecule has 136 valence electrons. The molecule has 3 aromatic rings. The van der Waals surface area contributed by atoms with Crippen LogP contribution in [0.15, 0.2) is 53.1 Å². The molecule has 1 aliphatic rings. The highest BCUT2D eigenvalue weighted by Gasteiger charge is 2.19. The van der Waals surface area contributed by atoms with Crippen molar-refractivity contribution in [2.75, 3.05) is 19.8 Å². The number of aromatic nitrogens is 1. The Morgan fingerprint density at radius 1 is 1.12 bits per heavy atom. The standard InChI is InChI=1S/C21H24N2O3/c1-2-13-24-18(7-1)19-10-9-17(26-19)15-22-12-14-25-20-8-3-5-16-6-4-11-23-21(16)20/h3-6,8-11,18,22H,1-2,7,12-15H2. The van der Waals surface area contributed by atoms with Crippen LogP contribution in [0.1, 0.15) is 36.9 Å². The van der Waals surface area contributed by atoms with Gasteiger partial charge in [0.25, 0.3) is 0 Å². The molecule has 1 unspecified atom stereocenters. The molecule has 1 N–H and O–H groups in total. The van der Waals surface area contributed by atoms with E-state index in [1.54, 1.807) is 6.20 Å². The second kappa shape index (κ2) is 8.34. The van der Waals surface area contributed by atoms with Gasteiger partial charge in [-0.1, -0.05) is 18.2 Å². The summed E-state index contributed by atoms with van der Waals surface area (Å²) in [5.74, 6) is 2.69. The monoisotopic (exact) mass is 352 g/mol. The van der Waals surface area contributed by atoms with Crippen LogP contribution < -0.4 is 10.1 Å². The van der Waals surface area contributed by atoms with Crippen molar-refractivity contribution in [1.82, 2.24) is 10.3 Å². The summed E-state index contributed by atoms with van der Waals surface area (Å²) >= 11 is 0. The third-order valence-electron chi connectivity index (χ3n) is 4.61. The quantitative estimate of drug-likeness (QED) is 0.645. The first-order valence-electron chi connectivity index (χ1n) is 9.27. The number of para-hydroxylation sites is 1. The summed E-state index contributed by atoms with van der Waals surface area (Å²) in [6, 6.07) is 14.0. The Bertz CT molecular complexity index is 835. The Kier molecular flexibility index (Phi) is 5.47. The van der Waals surface area contributed by atoms with E-state index in [9.17, 15) is 0 Å². The van der Waals surface area contributed by atoms with E-state index in [0.717, 1.165) is 54.2 Å². The van der Waals surface area contributed by atoms with Gasteiger partial charge in [0.1, 0.15) is 35.5 Å². The molecule has 3 heterocycles. The first-order valence-corrected chi connectivity index (χ1v) is 9.27. The third-order valence-corrected chi connectivity index (χ3v) is 4.61. The summed E-state index contributed by atoms with van der Waals surface area (Å²) in [7, 11) is 0. The summed E-state index contributed by atoms with van der Waals surface area (Å²) in [4.78, 5) is 4.40. The maximum absolute atomic E-state index is 5.91. The van der Waals surface area contributed by atoms with Crippen LogP contribution in [0.5, 0.6) is 5.75 Å². The number of fused-ring (bicyclic) bond motifs is 1. The zero-order chi connectivity index (χ0) is 17.6. The van der Waals surface area contributed by atoms with Gasteiger partial charge >= 0.3 is 0 Å². The van der Waals surface area contributed by atoms with Crippen LogP contribution in [0.25, 0.3) is 10.9 Å². The van der Waals surface area contributed by atoms with Gasteiger partial charge in [-0.05, 0) is 43.5 Å². The van der Waals surface area contributed by atoms with Gasteiger partial charge in [-0.25, -0.2) is 0 Å². The summed E-state index contributed by atoms with van der Waals surface area (Å²) in [6.07, 6.45) is 5.32. The first kappa shape index (κ1) is 17.1. The molecule has 0 radical (unpaired) electrons. The van der Waals surface area contributed by atoms with E-state index in [0.29, 0.717) is 13.2 Å². The Morgan fingerprint density at radius 3 is 3.00 bits per heavy atom. The average molecular weight is 352 g/mol. The molecule has 0 bridgehead atoms. The molecule has 0 aliphatic carbocycles. The van der Waals surface area contributed by atoms with E-state index in [1.807, 2.05) is 42.5 Å². The van der Waals surface area contributed by atoms with Gasteiger partial charge in [-0.2, -0.15) is 0 Å². The first-order chi connectivity index (χ1) is 12.9. The SMILES string of the molecule is c1cnc2c(OCCNCc3ccc(C4CCCCO4)o3)cccc2c1. The van der Waals surface area contributed by atoms with E-state index in [1.165, 1.54) is 6.42 Å². The fourth-order valence-corrected chi connectivity index (χ4v) is 3.27. The van der Waals surface area contributed by atoms with Gasteiger partial charge in [0.2, 0.25) is 0 Å². The fraction of sp³-hybridized carbons (Fsp3) is 0.381. The van der Waals surface area contributed by atoms with Gasteiger partial charge in [0, 0.05) is 24.7 Å². The van der Waals surface area contributed by atoms with Gasteiger partial charge in [-0.3, -0.25) is 4.98 Å². The van der Waals surface area contributed by atoms with Crippen molar-refractivity contribution < 1.29 is 13.9 Å². The number of hydrogen-bond donors (Lipinski definition) is 1. The molecule has 1 aliphatic heterocycles. The van der Waals surface area contributed by atoms with Crippen LogP contribution in [-0.4, -0.2) is 24.7 Å². The lowest BCUT2D eigenvalue weighted by atomic mass is 10.1. The summed E-state index contributed by atoms with van der Waals surface area (Å²) < 4.78 is 17.6. The minimum atomic E-state index is 0.125. The number of pyridine rings is 1. The number of hydrogen-bond acceptors (Lipinski definition) is 5. The van der Waals surface area contributed by atoms with Crippen molar-refractivity contribution in [3.63, 3.8) is 0 Å². The van der Waals surface area contributed by atoms with E-state index in [-0.39, 0.29) is 6.10 Å². The van der Waals surface area contributed by atoms with Gasteiger partial charge in [0.15, 0.2) is 0 Å². The average Bonchev–Trinajstić information content (AvgIpc) is 3.17. The predicted octanol–water partition coefficient (Wildman–Crippen LogP) is 4.24. The van der Waals surface area contributed by atoms with E-state index < -0.39 is 0 Å². The molecule has 1 fully saturated rings. The van der Waals surface area contributed by atoms with E-state index in [2.05, 4.69) is 10.3 Å². The number of ether oxygens (including phenoxy) is 2. The molecule has 2 aromatic heterocycles. The van der Waals surface area contributed by atoms with E-state index >= 15 is 0 Å². The normalized spacial score (nSPS) is 17.5. The van der Waals surface area contributed by atoms with Crippen LogP contribution in [0.3, 0.4) is 0 Å². The molecule has 0 spiro atoms. The van der Waals surface area contributed by atoms with E-state index in [4.69, 9.17) is 13.9 Å². The van der Waals surface area contributed by atoms with Crippen LogP contribution >= 0.6 is 0 Å². The number of nitrogens with zero attached hydrogens (tertiary/aromatic N) is 1. The smallest absolute Gasteiger partial charge is 0.145 e. The molecule has 1 aromatic carbocycles. The largest absolute Gasteiger partial charge is 0.490 e. The molecule has 0 amide bonds. The number of furan rings is 1. The molecular weight excluding hydrogens is 328 g/mol. The number of benzene rings is 1. The van der Waals surface area contributed by atoms with Crippen LogP contribution in [-0.2, 0) is 11.3 Å². The summed E-state index contributed by atoms with van der Waals surface area (Å²) in [6.45, 7) is 2.83. The molecule has 5 heteroatoms. The minimum Gasteiger partial charge on any atom is -0.490 e. The summed E-state index contributed by atoms with van der Waals surface area (Å²) in [5.41, 5.74) is 0.901. The lowest BCUT2D eigenvalue weighted by molar-refractivity contribution is 0.00122. The third kappa shape index (κ3) is 4.06. The fourth-order valence-electron chi connectivity index (χ4n) is 3.27. The Labute approximate surface area is 153 Å². The Hall–Kier alpha value is -2.37. The van der Waals surface area contributed by atoms with Gasteiger partial charge in [-0.15, -0.1) is 0 Å². The van der Waals surface area contributed by atoms with Gasteiger partial charge in [0.05, 0.1) is 6.54 Å². The van der Waals surface area contributed by atoms with Crippen molar-refractivity contribution >= 4 is 10.9 Å². The highest BCUT2D eigenvalue weighted by atomic mass is 16.5. The second-order valence-corrected chi connectivity index (χ2v) is 6.52. The van der Waals surface area contributed by atoms with Crippen LogP contribution in [0.4, 0.5) is 0 Å². The van der Waals surface area contributed by atoms with Crippen molar-refractivity contribution in [3.8, 4) is 5.75 Å². The van der Waals surface area contributed by atoms with Crippen molar-refractivity contribution in [3.05, 3.63) is 60.2 Å². The van der Waals surface area contributed by atoms with Gasteiger partial charge < -0.3 is 19.2 Å². The molecule has 5 nitrogen and oxygen atoms in total.